The van der Waals surface area contributed by atoms with Crippen LogP contribution in [-0.4, -0.2) is 178 Å². The number of pyridine rings is 1. The smallest absolute Gasteiger partial charge is 0.270 e. The second-order valence-electron chi connectivity index (χ2n) is 21.5. The quantitative estimate of drug-likeness (QED) is 0.0810. The third kappa shape index (κ3) is 15.4. The molecule has 1 fully saturated rings. The van der Waals surface area contributed by atoms with Crippen LogP contribution >= 0.6 is 0 Å². The first-order valence-electron chi connectivity index (χ1n) is 29.6. The molecule has 4 aromatic carbocycles. The van der Waals surface area contributed by atoms with Crippen LogP contribution in [0.5, 0.6) is 5.75 Å². The minimum atomic E-state index is -0.472. The maximum atomic E-state index is 16.5. The highest BCUT2D eigenvalue weighted by Crippen LogP contribution is 2.41. The van der Waals surface area contributed by atoms with Crippen molar-refractivity contribution >= 4 is 73.6 Å². The molecule has 0 aliphatic carbocycles. The van der Waals surface area contributed by atoms with Crippen LogP contribution in [0.25, 0.3) is 55.0 Å². The number of aldehydes is 1. The van der Waals surface area contributed by atoms with Crippen LogP contribution < -0.4 is 10.1 Å². The number of furan rings is 1. The summed E-state index contributed by atoms with van der Waals surface area (Å²) in [6.45, 7) is 9.08. The molecule has 460 valence electrons. The standard InChI is InChI=1S/C32H35FN6O5.C29H26N6O3.C3H9N.C2H6/c1-42-20-22-19-38(14-15-44-22)32(41)27-17-26-25(23-7-3-4-8-28(23)43-2)16-24(30(33)31(26)35-27)21-6-5-11-37(18-21)29(40)9-12-39-13-10-34-36-39;36-19-24-15-23-14-22(21-5-3-11-34(18-21)28(37)8-12-35-13-10-32-33-35)16-27(29(23)38-24)31-17-20-4-1-7-26-25(20)6-2-9-30-26;1-4(2)3;1-2/h3-4,6-8,10,13,16-17,22,35H,5,9,11-12,14-15,18-20H2,1-2H3;1-2,4-7,9-10,13-16,19,31H,3,8,11-12,17-18H2;1-3H3;1-2H3. The molecule has 1 atom stereocenters. The van der Waals surface area contributed by atoms with E-state index in [4.69, 9.17) is 18.6 Å². The van der Waals surface area contributed by atoms with E-state index in [0.717, 1.165) is 62.5 Å². The molecule has 1 saturated heterocycles. The largest absolute Gasteiger partial charge is 0.496 e. The lowest BCUT2D eigenvalue weighted by Crippen LogP contribution is -2.47. The van der Waals surface area contributed by atoms with Gasteiger partial charge in [0.15, 0.2) is 23.4 Å². The Bertz CT molecular complexity index is 3880. The molecule has 0 spiro atoms. The summed E-state index contributed by atoms with van der Waals surface area (Å²) in [5.41, 5.74) is 8.61. The highest BCUT2D eigenvalue weighted by Gasteiger charge is 2.30. The number of nitrogens with zero attached hydrogens (tertiary/aromatic N) is 11. The Morgan fingerprint density at radius 2 is 1.47 bits per heavy atom. The average molecular weight is 1200 g/mol. The van der Waals surface area contributed by atoms with Gasteiger partial charge in [-0.25, -0.2) is 4.39 Å². The van der Waals surface area contributed by atoms with E-state index in [9.17, 15) is 19.2 Å². The van der Waals surface area contributed by atoms with E-state index in [-0.39, 0.29) is 53.8 Å². The summed E-state index contributed by atoms with van der Waals surface area (Å²) in [6.07, 6.45) is 15.1. The first-order chi connectivity index (χ1) is 42.9. The summed E-state index contributed by atoms with van der Waals surface area (Å²) in [6, 6.07) is 26.9. The number of carbonyl (C=O) groups is 4. The highest BCUT2D eigenvalue weighted by atomic mass is 19.1. The maximum absolute atomic E-state index is 16.5. The molecule has 2 N–H and O–H groups in total. The zero-order valence-electron chi connectivity index (χ0n) is 50.9. The Morgan fingerprint density at radius 3 is 2.14 bits per heavy atom. The van der Waals surface area contributed by atoms with Gasteiger partial charge in [0.2, 0.25) is 11.8 Å². The number of amides is 3. The van der Waals surface area contributed by atoms with Gasteiger partial charge in [-0.3, -0.25) is 33.5 Å². The number of hydrogen-bond acceptors (Lipinski definition) is 15. The molecule has 1 unspecified atom stereocenters. The maximum Gasteiger partial charge on any atom is 0.270 e. The van der Waals surface area contributed by atoms with Crippen molar-refractivity contribution < 1.29 is 42.2 Å². The fraction of sp³-hybridized carbons (Fsp3) is 0.348. The summed E-state index contributed by atoms with van der Waals surface area (Å²) in [5, 5.41) is 21.5. The predicted molar refractivity (Wildman–Crippen MR) is 337 cm³/mol. The molecular weight excluding hydrogens is 1120 g/mol. The van der Waals surface area contributed by atoms with Gasteiger partial charge in [0.1, 0.15) is 11.4 Å². The Labute approximate surface area is 510 Å². The Kier molecular flexibility index (Phi) is 21.7. The molecule has 22 heteroatoms. The number of H-pyrrole nitrogens is 1. The zero-order valence-corrected chi connectivity index (χ0v) is 50.9. The number of aryl methyl sites for hydroxylation is 2. The van der Waals surface area contributed by atoms with Gasteiger partial charge in [-0.1, -0.05) is 72.8 Å². The van der Waals surface area contributed by atoms with Gasteiger partial charge in [0.05, 0.1) is 68.6 Å². The van der Waals surface area contributed by atoms with Gasteiger partial charge in [0.25, 0.3) is 5.91 Å². The van der Waals surface area contributed by atoms with Gasteiger partial charge < -0.3 is 48.5 Å². The van der Waals surface area contributed by atoms with Crippen LogP contribution in [0.3, 0.4) is 0 Å². The molecule has 0 bridgehead atoms. The number of nitrogens with one attached hydrogen (secondary N) is 2. The van der Waals surface area contributed by atoms with Crippen LogP contribution in [0, 0.1) is 5.82 Å². The van der Waals surface area contributed by atoms with Crippen molar-refractivity contribution in [3.63, 3.8) is 0 Å². The van der Waals surface area contributed by atoms with E-state index in [1.54, 1.807) is 82.6 Å². The summed E-state index contributed by atoms with van der Waals surface area (Å²) in [4.78, 5) is 66.0. The number of rotatable bonds is 17. The third-order valence-electron chi connectivity index (χ3n) is 15.0. The molecule has 9 aromatic rings. The van der Waals surface area contributed by atoms with Crippen LogP contribution in [0.1, 0.15) is 77.3 Å². The molecule has 3 aliphatic rings. The second-order valence-corrected chi connectivity index (χ2v) is 21.5. The van der Waals surface area contributed by atoms with Crippen molar-refractivity contribution in [2.24, 2.45) is 0 Å². The average Bonchev–Trinajstić information content (AvgIpc) is 1.86. The summed E-state index contributed by atoms with van der Waals surface area (Å²) < 4.78 is 42.2. The van der Waals surface area contributed by atoms with Gasteiger partial charge >= 0.3 is 0 Å². The number of hydrogen-bond donors (Lipinski definition) is 2. The second kappa shape index (κ2) is 30.3. The molecule has 12 rings (SSSR count). The molecule has 3 aliphatic heterocycles. The number of morpholine rings is 1. The van der Waals surface area contributed by atoms with Gasteiger partial charge in [0, 0.05) is 112 Å². The number of methoxy groups -OCH3 is 2. The van der Waals surface area contributed by atoms with E-state index in [2.05, 4.69) is 54.1 Å². The third-order valence-corrected chi connectivity index (χ3v) is 15.0. The molecule has 8 heterocycles. The van der Waals surface area contributed by atoms with E-state index < -0.39 is 5.82 Å². The molecule has 5 aromatic heterocycles. The number of aromatic nitrogens is 8. The molecule has 0 radical (unpaired) electrons. The first-order valence-corrected chi connectivity index (χ1v) is 29.6. The monoisotopic (exact) mass is 1200 g/mol. The van der Waals surface area contributed by atoms with Crippen molar-refractivity contribution in [1.29, 1.82) is 0 Å². The summed E-state index contributed by atoms with van der Waals surface area (Å²) >= 11 is 0. The number of fused-ring (bicyclic) bond motifs is 3. The Morgan fingerprint density at radius 1 is 0.773 bits per heavy atom. The lowest BCUT2D eigenvalue weighted by molar-refractivity contribution is -0.131. The van der Waals surface area contributed by atoms with Crippen molar-refractivity contribution in [3.05, 3.63) is 162 Å². The fourth-order valence-corrected chi connectivity index (χ4v) is 10.9. The minimum absolute atomic E-state index is 0.0393. The molecule has 21 nitrogen and oxygen atoms in total. The molecule has 3 amide bonds. The number of aromatic amines is 1. The molecule has 88 heavy (non-hydrogen) atoms. The topological polar surface area (TPSA) is 224 Å². The number of carbonyl (C=O) groups excluding carboxylic acids is 4. The highest BCUT2D eigenvalue weighted by molar-refractivity contribution is 6.05. The predicted octanol–water partition coefficient (Wildman–Crippen LogP) is 9.67. The van der Waals surface area contributed by atoms with Crippen LogP contribution in [0.2, 0.25) is 0 Å². The van der Waals surface area contributed by atoms with Crippen molar-refractivity contribution in [2.75, 3.05) is 93.2 Å². The van der Waals surface area contributed by atoms with Gasteiger partial charge in [-0.05, 0) is 110 Å². The molecule has 0 saturated carbocycles. The number of halogens is 1. The number of anilines is 1. The zero-order chi connectivity index (χ0) is 62.1. The SMILES string of the molecule is CC.CN(C)C.COCC1CN(C(=O)c2cc3c(-c4ccccc4OC)cc(C4=CCCN(C(=O)CCn5ccnn5)C4)c(F)c3[nH]2)CCO1.O=Cc1cc2cc(C3=CCCN(C(=O)CCn4ccnn4)C3)cc(NCc3cccc4ncccc34)c2o1. The van der Waals surface area contributed by atoms with Crippen molar-refractivity contribution in [1.82, 2.24) is 59.6 Å². The van der Waals surface area contributed by atoms with Crippen molar-refractivity contribution in [2.45, 2.75) is 65.3 Å². The minimum Gasteiger partial charge on any atom is -0.496 e. The first kappa shape index (κ1) is 63.1. The Hall–Kier alpha value is -9.38. The lowest BCUT2D eigenvalue weighted by atomic mass is 9.93. The van der Waals surface area contributed by atoms with Gasteiger partial charge in [-0.2, -0.15) is 0 Å². The fourth-order valence-electron chi connectivity index (χ4n) is 10.9. The van der Waals surface area contributed by atoms with Crippen molar-refractivity contribution in [3.8, 4) is 16.9 Å². The molecular formula is C66H76FN13O8. The summed E-state index contributed by atoms with van der Waals surface area (Å²) in [5.74, 6) is 0.235. The number of benzene rings is 4. The lowest BCUT2D eigenvalue weighted by Gasteiger charge is -2.32. The van der Waals surface area contributed by atoms with E-state index in [1.165, 1.54) is 0 Å². The normalized spacial score (nSPS) is 14.9. The van der Waals surface area contributed by atoms with Crippen LogP contribution in [0.15, 0.2) is 132 Å². The van der Waals surface area contributed by atoms with E-state index in [0.29, 0.717) is 106 Å². The van der Waals surface area contributed by atoms with Crippen LogP contribution in [-0.2, 0) is 38.7 Å². The Balaban J connectivity index is 0.000000194. The number of ether oxygens (including phenoxy) is 3. The van der Waals surface area contributed by atoms with E-state index in [1.807, 2.05) is 105 Å². The number of para-hydroxylation sites is 1. The van der Waals surface area contributed by atoms with E-state index >= 15 is 4.39 Å². The van der Waals surface area contributed by atoms with Gasteiger partial charge in [-0.15, -0.1) is 10.2 Å². The van der Waals surface area contributed by atoms with Crippen LogP contribution in [0.4, 0.5) is 10.1 Å². The summed E-state index contributed by atoms with van der Waals surface area (Å²) in [7, 11) is 9.19.